The molecule has 4 atom stereocenters. The molecule has 3 rings (SSSR count). The molecule has 2 bridgehead atoms. The van der Waals surface area contributed by atoms with E-state index in [2.05, 4.69) is 5.32 Å². The zero-order valence-electron chi connectivity index (χ0n) is 12.0. The molecule has 2 saturated carbocycles. The lowest BCUT2D eigenvalue weighted by atomic mass is 9.86. The Kier molecular flexibility index (Phi) is 3.87. The quantitative estimate of drug-likeness (QED) is 0.877. The van der Waals surface area contributed by atoms with Crippen LogP contribution in [0.15, 0.2) is 16.8 Å². The lowest BCUT2D eigenvalue weighted by Gasteiger charge is -2.25. The van der Waals surface area contributed by atoms with E-state index in [1.165, 1.54) is 25.7 Å². The van der Waals surface area contributed by atoms with Gasteiger partial charge in [0.2, 0.25) is 5.91 Å². The summed E-state index contributed by atoms with van der Waals surface area (Å²) in [6.45, 7) is 2.05. The summed E-state index contributed by atoms with van der Waals surface area (Å²) < 4.78 is 0. The van der Waals surface area contributed by atoms with E-state index in [1.807, 2.05) is 16.8 Å². The van der Waals surface area contributed by atoms with Gasteiger partial charge >= 0.3 is 0 Å². The Morgan fingerprint density at radius 2 is 2.35 bits per heavy atom. The van der Waals surface area contributed by atoms with Crippen LogP contribution >= 0.6 is 11.3 Å². The fraction of sp³-hybridized carbons (Fsp3) is 0.688. The highest BCUT2D eigenvalue weighted by atomic mass is 32.1. The maximum absolute atomic E-state index is 12.1. The SMILES string of the molecule is CC(O)(CNC(=O)CC1CC2CCC1C2)c1ccsc1. The van der Waals surface area contributed by atoms with Crippen LogP contribution in [0, 0.1) is 17.8 Å². The maximum atomic E-state index is 12.1. The van der Waals surface area contributed by atoms with Gasteiger partial charge in [0.1, 0.15) is 5.60 Å². The summed E-state index contributed by atoms with van der Waals surface area (Å²) in [5.41, 5.74) is -0.0904. The van der Waals surface area contributed by atoms with Crippen molar-refractivity contribution < 1.29 is 9.90 Å². The maximum Gasteiger partial charge on any atom is 0.220 e. The van der Waals surface area contributed by atoms with Gasteiger partial charge in [-0.2, -0.15) is 11.3 Å². The molecule has 0 saturated heterocycles. The van der Waals surface area contributed by atoms with Crippen molar-refractivity contribution in [3.8, 4) is 0 Å². The Morgan fingerprint density at radius 1 is 1.50 bits per heavy atom. The third-order valence-corrected chi connectivity index (χ3v) is 5.79. The first-order valence-electron chi connectivity index (χ1n) is 7.56. The molecule has 1 aromatic heterocycles. The number of thiophene rings is 1. The Balaban J connectivity index is 1.47. The number of fused-ring (bicyclic) bond motifs is 2. The van der Waals surface area contributed by atoms with Crippen molar-refractivity contribution >= 4 is 17.2 Å². The first-order chi connectivity index (χ1) is 9.54. The number of hydrogen-bond acceptors (Lipinski definition) is 3. The van der Waals surface area contributed by atoms with Gasteiger partial charge in [0.05, 0.1) is 6.54 Å². The zero-order chi connectivity index (χ0) is 14.2. The molecule has 0 aromatic carbocycles. The summed E-state index contributed by atoms with van der Waals surface area (Å²) in [6, 6.07) is 1.91. The predicted octanol–water partition coefficient (Wildman–Crippen LogP) is 2.90. The Morgan fingerprint density at radius 3 is 2.95 bits per heavy atom. The van der Waals surface area contributed by atoms with Gasteiger partial charge in [-0.05, 0) is 66.3 Å². The van der Waals surface area contributed by atoms with Gasteiger partial charge in [-0.25, -0.2) is 0 Å². The molecule has 4 heteroatoms. The summed E-state index contributed by atoms with van der Waals surface area (Å²) in [5.74, 6) is 2.34. The number of hydrogen-bond donors (Lipinski definition) is 2. The van der Waals surface area contributed by atoms with Crippen LogP contribution in [0.3, 0.4) is 0 Å². The van der Waals surface area contributed by atoms with Crippen molar-refractivity contribution in [2.45, 2.75) is 44.6 Å². The molecule has 2 aliphatic carbocycles. The Hall–Kier alpha value is -0.870. The van der Waals surface area contributed by atoms with Crippen LogP contribution in [0.5, 0.6) is 0 Å². The van der Waals surface area contributed by atoms with Crippen LogP contribution in [0.4, 0.5) is 0 Å². The van der Waals surface area contributed by atoms with Crippen LogP contribution in [0.1, 0.15) is 44.6 Å². The number of amides is 1. The lowest BCUT2D eigenvalue weighted by molar-refractivity contribution is -0.123. The van der Waals surface area contributed by atoms with Crippen molar-refractivity contribution in [1.82, 2.24) is 5.32 Å². The van der Waals surface area contributed by atoms with Gasteiger partial charge in [0.15, 0.2) is 0 Å². The number of carbonyl (C=O) groups is 1. The Labute approximate surface area is 124 Å². The van der Waals surface area contributed by atoms with Gasteiger partial charge in [-0.15, -0.1) is 0 Å². The molecule has 0 aliphatic heterocycles. The fourth-order valence-electron chi connectivity index (χ4n) is 3.88. The van der Waals surface area contributed by atoms with E-state index >= 15 is 0 Å². The summed E-state index contributed by atoms with van der Waals surface area (Å²) in [6.07, 6.45) is 5.90. The third kappa shape index (κ3) is 2.91. The molecule has 2 N–H and O–H groups in total. The van der Waals surface area contributed by atoms with Crippen molar-refractivity contribution in [3.05, 3.63) is 22.4 Å². The molecule has 1 aromatic rings. The van der Waals surface area contributed by atoms with E-state index < -0.39 is 5.60 Å². The van der Waals surface area contributed by atoms with Gasteiger partial charge in [0, 0.05) is 6.42 Å². The normalized spacial score (nSPS) is 31.2. The van der Waals surface area contributed by atoms with Crippen LogP contribution in [-0.2, 0) is 10.4 Å². The van der Waals surface area contributed by atoms with E-state index in [9.17, 15) is 9.90 Å². The van der Waals surface area contributed by atoms with Gasteiger partial charge in [0.25, 0.3) is 0 Å². The van der Waals surface area contributed by atoms with E-state index in [0.29, 0.717) is 18.9 Å². The van der Waals surface area contributed by atoms with Gasteiger partial charge in [-0.3, -0.25) is 4.79 Å². The molecular weight excluding hydrogens is 270 g/mol. The van der Waals surface area contributed by atoms with E-state index in [-0.39, 0.29) is 5.91 Å². The minimum absolute atomic E-state index is 0.0954. The number of rotatable bonds is 5. The first-order valence-corrected chi connectivity index (χ1v) is 8.50. The molecule has 2 aliphatic rings. The third-order valence-electron chi connectivity index (χ3n) is 5.10. The molecular formula is C16H23NO2S. The monoisotopic (exact) mass is 293 g/mol. The molecule has 0 radical (unpaired) electrons. The molecule has 3 nitrogen and oxygen atoms in total. The fourth-order valence-corrected chi connectivity index (χ4v) is 4.66. The molecule has 20 heavy (non-hydrogen) atoms. The minimum atomic E-state index is -0.968. The predicted molar refractivity (Wildman–Crippen MR) is 80.5 cm³/mol. The van der Waals surface area contributed by atoms with Crippen molar-refractivity contribution in [2.75, 3.05) is 6.54 Å². The largest absolute Gasteiger partial charge is 0.384 e. The zero-order valence-corrected chi connectivity index (χ0v) is 12.8. The summed E-state index contributed by atoms with van der Waals surface area (Å²) in [4.78, 5) is 12.1. The lowest BCUT2D eigenvalue weighted by Crippen LogP contribution is -2.39. The second-order valence-corrected chi connectivity index (χ2v) is 7.48. The molecule has 110 valence electrons. The van der Waals surface area contributed by atoms with Crippen molar-refractivity contribution in [1.29, 1.82) is 0 Å². The second kappa shape index (κ2) is 5.49. The number of nitrogens with one attached hydrogen (secondary N) is 1. The van der Waals surface area contributed by atoms with Crippen LogP contribution in [0.2, 0.25) is 0 Å². The smallest absolute Gasteiger partial charge is 0.220 e. The summed E-state index contributed by atoms with van der Waals surface area (Å²) in [7, 11) is 0. The average Bonchev–Trinajstić information content (AvgIpc) is 3.13. The number of carbonyl (C=O) groups excluding carboxylic acids is 1. The standard InChI is InChI=1S/C16H23NO2S/c1-16(19,14-4-5-20-9-14)10-17-15(18)8-13-7-11-2-3-12(13)6-11/h4-5,9,11-13,19H,2-3,6-8,10H2,1H3,(H,17,18). The molecule has 4 unspecified atom stereocenters. The topological polar surface area (TPSA) is 49.3 Å². The molecule has 0 spiro atoms. The highest BCUT2D eigenvalue weighted by molar-refractivity contribution is 7.08. The molecule has 1 heterocycles. The van der Waals surface area contributed by atoms with E-state index in [1.54, 1.807) is 18.3 Å². The molecule has 1 amide bonds. The van der Waals surface area contributed by atoms with Crippen molar-refractivity contribution in [2.24, 2.45) is 17.8 Å². The second-order valence-electron chi connectivity index (χ2n) is 6.70. The summed E-state index contributed by atoms with van der Waals surface area (Å²) in [5, 5.41) is 17.2. The highest BCUT2D eigenvalue weighted by Crippen LogP contribution is 2.49. The van der Waals surface area contributed by atoms with Crippen LogP contribution in [0.25, 0.3) is 0 Å². The van der Waals surface area contributed by atoms with Crippen LogP contribution < -0.4 is 5.32 Å². The van der Waals surface area contributed by atoms with E-state index in [0.717, 1.165) is 17.4 Å². The van der Waals surface area contributed by atoms with Gasteiger partial charge in [-0.1, -0.05) is 6.42 Å². The molecule has 2 fully saturated rings. The Bertz CT molecular complexity index is 469. The van der Waals surface area contributed by atoms with E-state index in [4.69, 9.17) is 0 Å². The minimum Gasteiger partial charge on any atom is -0.384 e. The highest BCUT2D eigenvalue weighted by Gasteiger charge is 2.40. The van der Waals surface area contributed by atoms with Gasteiger partial charge < -0.3 is 10.4 Å². The number of aliphatic hydroxyl groups is 1. The van der Waals surface area contributed by atoms with Crippen molar-refractivity contribution in [3.63, 3.8) is 0 Å². The van der Waals surface area contributed by atoms with Crippen LogP contribution in [-0.4, -0.2) is 17.6 Å². The first kappa shape index (κ1) is 14.1. The average molecular weight is 293 g/mol. The summed E-state index contributed by atoms with van der Waals surface area (Å²) >= 11 is 1.56.